The predicted octanol–water partition coefficient (Wildman–Crippen LogP) is 2.51. The highest BCUT2D eigenvalue weighted by Crippen LogP contribution is 2.22. The van der Waals surface area contributed by atoms with E-state index >= 15 is 0 Å². The van der Waals surface area contributed by atoms with Gasteiger partial charge in [-0.05, 0) is 18.4 Å². The fourth-order valence-electron chi connectivity index (χ4n) is 1.50. The van der Waals surface area contributed by atoms with Gasteiger partial charge < -0.3 is 15.7 Å². The minimum Gasteiger partial charge on any atom is -0.479 e. The van der Waals surface area contributed by atoms with E-state index in [1.165, 1.54) is 13.0 Å². The zero-order valence-electron chi connectivity index (χ0n) is 10.4. The van der Waals surface area contributed by atoms with Gasteiger partial charge in [0, 0.05) is 10.9 Å². The van der Waals surface area contributed by atoms with Crippen molar-refractivity contribution in [1.29, 1.82) is 0 Å². The zero-order valence-corrected chi connectivity index (χ0v) is 11.2. The van der Waals surface area contributed by atoms with Crippen molar-refractivity contribution in [2.45, 2.75) is 31.6 Å². The topological polar surface area (TPSA) is 78.4 Å². The molecule has 1 aromatic rings. The summed E-state index contributed by atoms with van der Waals surface area (Å²) >= 11 is 1.13. The number of nitrogens with one attached hydrogen (secondary N) is 2. The molecule has 0 spiro atoms. The molecule has 3 N–H and O–H groups in total. The summed E-state index contributed by atoms with van der Waals surface area (Å²) in [7, 11) is 0. The van der Waals surface area contributed by atoms with Crippen LogP contribution in [0.2, 0.25) is 0 Å². The molecule has 2 amide bonds. The average Bonchev–Trinajstić information content (AvgIpc) is 2.75. The van der Waals surface area contributed by atoms with Crippen LogP contribution in [0.4, 0.5) is 18.0 Å². The summed E-state index contributed by atoms with van der Waals surface area (Å²) in [4.78, 5) is 22.9. The van der Waals surface area contributed by atoms with Crippen LogP contribution in [-0.4, -0.2) is 29.3 Å². The fraction of sp³-hybridized carbons (Fsp3) is 0.455. The van der Waals surface area contributed by atoms with Crippen molar-refractivity contribution in [1.82, 2.24) is 10.6 Å². The summed E-state index contributed by atoms with van der Waals surface area (Å²) in [6.07, 6.45) is -5.58. The number of aliphatic carboxylic acids is 1. The first-order valence-corrected chi connectivity index (χ1v) is 6.47. The highest BCUT2D eigenvalue weighted by atomic mass is 32.1. The molecule has 0 aromatic carbocycles. The van der Waals surface area contributed by atoms with E-state index in [2.05, 4.69) is 10.6 Å². The average molecular weight is 310 g/mol. The van der Waals surface area contributed by atoms with Crippen LogP contribution in [0, 0.1) is 0 Å². The number of carbonyl (C=O) groups excluding carboxylic acids is 1. The number of carboxylic acids is 1. The smallest absolute Gasteiger partial charge is 0.391 e. The van der Waals surface area contributed by atoms with Crippen LogP contribution in [-0.2, 0) is 4.79 Å². The molecule has 0 aliphatic rings. The number of amides is 2. The van der Waals surface area contributed by atoms with E-state index in [1.807, 2.05) is 0 Å². The third kappa shape index (κ3) is 5.47. The molecular weight excluding hydrogens is 297 g/mol. The van der Waals surface area contributed by atoms with Crippen LogP contribution >= 0.6 is 11.3 Å². The number of urea groups is 1. The number of carboxylic acid groups (broad SMARTS) is 1. The van der Waals surface area contributed by atoms with Crippen LogP contribution in [0.25, 0.3) is 0 Å². The minimum absolute atomic E-state index is 0.385. The second kappa shape index (κ2) is 6.60. The first-order valence-electron chi connectivity index (χ1n) is 5.59. The standard InChI is InChI=1S/C11H13F3N2O3S/c1-6(5-11(12,13)14)15-10(19)16-8(9(17)18)7-3-2-4-20-7/h2-4,6,8H,5H2,1H3,(H,17,18)(H2,15,16,19). The molecule has 0 saturated carbocycles. The Balaban J connectivity index is 2.58. The Morgan fingerprint density at radius 1 is 1.40 bits per heavy atom. The molecule has 2 atom stereocenters. The van der Waals surface area contributed by atoms with Crippen LogP contribution in [0.3, 0.4) is 0 Å². The van der Waals surface area contributed by atoms with Crippen LogP contribution < -0.4 is 10.6 Å². The van der Waals surface area contributed by atoms with Crippen molar-refractivity contribution in [3.05, 3.63) is 22.4 Å². The monoisotopic (exact) mass is 310 g/mol. The van der Waals surface area contributed by atoms with Gasteiger partial charge >= 0.3 is 18.2 Å². The van der Waals surface area contributed by atoms with Gasteiger partial charge in [-0.2, -0.15) is 13.2 Å². The Morgan fingerprint density at radius 3 is 2.50 bits per heavy atom. The fourth-order valence-corrected chi connectivity index (χ4v) is 2.27. The first-order chi connectivity index (χ1) is 9.19. The Hall–Kier alpha value is -1.77. The number of carbonyl (C=O) groups is 2. The summed E-state index contributed by atoms with van der Waals surface area (Å²) in [5, 5.41) is 14.8. The lowest BCUT2D eigenvalue weighted by molar-refractivity contribution is -0.140. The quantitative estimate of drug-likeness (QED) is 0.782. The van der Waals surface area contributed by atoms with Crippen molar-refractivity contribution in [3.8, 4) is 0 Å². The van der Waals surface area contributed by atoms with Gasteiger partial charge in [-0.25, -0.2) is 9.59 Å². The summed E-state index contributed by atoms with van der Waals surface area (Å²) in [5.74, 6) is -1.29. The molecule has 5 nitrogen and oxygen atoms in total. The maximum absolute atomic E-state index is 12.1. The molecule has 1 rings (SSSR count). The van der Waals surface area contributed by atoms with E-state index in [4.69, 9.17) is 5.11 Å². The maximum atomic E-state index is 12.1. The molecule has 0 aliphatic heterocycles. The molecule has 0 bridgehead atoms. The van der Waals surface area contributed by atoms with E-state index < -0.39 is 36.7 Å². The summed E-state index contributed by atoms with van der Waals surface area (Å²) in [6.45, 7) is 1.19. The molecule has 0 saturated heterocycles. The molecule has 0 aliphatic carbocycles. The molecule has 2 unspecified atom stereocenters. The van der Waals surface area contributed by atoms with E-state index in [9.17, 15) is 22.8 Å². The first kappa shape index (κ1) is 16.3. The van der Waals surface area contributed by atoms with E-state index in [-0.39, 0.29) is 0 Å². The van der Waals surface area contributed by atoms with Crippen molar-refractivity contribution in [3.63, 3.8) is 0 Å². The Labute approximate surface area is 116 Å². The number of halogens is 3. The normalized spacial score (nSPS) is 14.4. The predicted molar refractivity (Wildman–Crippen MR) is 66.5 cm³/mol. The minimum atomic E-state index is -4.40. The van der Waals surface area contributed by atoms with Crippen LogP contribution in [0.5, 0.6) is 0 Å². The van der Waals surface area contributed by atoms with Crippen molar-refractivity contribution < 1.29 is 27.9 Å². The summed E-state index contributed by atoms with van der Waals surface area (Å²) < 4.78 is 36.3. The van der Waals surface area contributed by atoms with Gasteiger partial charge in [-0.15, -0.1) is 11.3 Å². The molecular formula is C11H13F3N2O3S. The highest BCUT2D eigenvalue weighted by molar-refractivity contribution is 7.10. The molecule has 20 heavy (non-hydrogen) atoms. The highest BCUT2D eigenvalue weighted by Gasteiger charge is 2.31. The van der Waals surface area contributed by atoms with Gasteiger partial charge in [0.15, 0.2) is 6.04 Å². The second-order valence-electron chi connectivity index (χ2n) is 4.12. The third-order valence-electron chi connectivity index (χ3n) is 2.27. The van der Waals surface area contributed by atoms with Crippen molar-refractivity contribution in [2.24, 2.45) is 0 Å². The van der Waals surface area contributed by atoms with E-state index in [0.29, 0.717) is 4.88 Å². The van der Waals surface area contributed by atoms with Crippen molar-refractivity contribution >= 4 is 23.3 Å². The molecule has 1 aromatic heterocycles. The number of rotatable bonds is 5. The number of thiophene rings is 1. The van der Waals surface area contributed by atoms with Gasteiger partial charge in [0.1, 0.15) is 0 Å². The van der Waals surface area contributed by atoms with Gasteiger partial charge in [0.25, 0.3) is 0 Å². The van der Waals surface area contributed by atoms with Crippen molar-refractivity contribution in [2.75, 3.05) is 0 Å². The van der Waals surface area contributed by atoms with Crippen LogP contribution in [0.15, 0.2) is 17.5 Å². The maximum Gasteiger partial charge on any atom is 0.391 e. The number of hydrogen-bond acceptors (Lipinski definition) is 3. The molecule has 1 heterocycles. The zero-order chi connectivity index (χ0) is 15.3. The van der Waals surface area contributed by atoms with Crippen LogP contribution in [0.1, 0.15) is 24.3 Å². The summed E-state index contributed by atoms with van der Waals surface area (Å²) in [6, 6.07) is -0.256. The Bertz CT molecular complexity index is 462. The number of alkyl halides is 3. The lowest BCUT2D eigenvalue weighted by Crippen LogP contribution is -2.45. The van der Waals surface area contributed by atoms with Gasteiger partial charge in [-0.1, -0.05) is 6.07 Å². The lowest BCUT2D eigenvalue weighted by atomic mass is 10.2. The molecule has 9 heteroatoms. The van der Waals surface area contributed by atoms with Gasteiger partial charge in [-0.3, -0.25) is 0 Å². The molecule has 0 fully saturated rings. The third-order valence-corrected chi connectivity index (χ3v) is 3.20. The Morgan fingerprint density at radius 2 is 2.05 bits per heavy atom. The molecule has 112 valence electrons. The SMILES string of the molecule is CC(CC(F)(F)F)NC(=O)NC(C(=O)O)c1cccs1. The van der Waals surface area contributed by atoms with E-state index in [1.54, 1.807) is 11.4 Å². The largest absolute Gasteiger partial charge is 0.479 e. The molecule has 0 radical (unpaired) electrons. The lowest BCUT2D eigenvalue weighted by Gasteiger charge is -2.18. The second-order valence-corrected chi connectivity index (χ2v) is 5.10. The number of hydrogen-bond donors (Lipinski definition) is 3. The van der Waals surface area contributed by atoms with Gasteiger partial charge in [0.2, 0.25) is 0 Å². The van der Waals surface area contributed by atoms with E-state index in [0.717, 1.165) is 11.3 Å². The van der Waals surface area contributed by atoms with Gasteiger partial charge in [0.05, 0.1) is 6.42 Å². The Kier molecular flexibility index (Phi) is 5.37. The summed E-state index contributed by atoms with van der Waals surface area (Å²) in [5.41, 5.74) is 0.